The predicted molar refractivity (Wildman–Crippen MR) is 198 cm³/mol. The summed E-state index contributed by atoms with van der Waals surface area (Å²) in [6, 6.07) is 15.3. The van der Waals surface area contributed by atoms with Gasteiger partial charge in [0.2, 0.25) is 11.6 Å². The molecule has 0 radical (unpaired) electrons. The van der Waals surface area contributed by atoms with Crippen LogP contribution in [-0.4, -0.2) is 91.6 Å². The van der Waals surface area contributed by atoms with Crippen LogP contribution >= 0.6 is 24.6 Å². The molecule has 0 amide bonds. The summed E-state index contributed by atoms with van der Waals surface area (Å²) in [4.78, 5) is 46.7. The van der Waals surface area contributed by atoms with Gasteiger partial charge in [-0.3, -0.25) is 36.8 Å². The summed E-state index contributed by atoms with van der Waals surface area (Å²) >= 11 is 0.557. The highest BCUT2D eigenvalue weighted by Gasteiger charge is 2.48. The fourth-order valence-corrected chi connectivity index (χ4v) is 8.25. The number of hydrogen-bond donors (Lipinski definition) is 7. The highest BCUT2D eigenvalue weighted by Crippen LogP contribution is 2.43. The Morgan fingerprint density at radius 3 is 1.83 bits per heavy atom. The van der Waals surface area contributed by atoms with E-state index >= 15 is 0 Å². The maximum absolute atomic E-state index is 14.4. The quantitative estimate of drug-likeness (QED) is 0.0150. The summed E-state index contributed by atoms with van der Waals surface area (Å²) in [7, 11) is -10.1. The van der Waals surface area contributed by atoms with Crippen LogP contribution in [0.2, 0.25) is 0 Å². The van der Waals surface area contributed by atoms with Gasteiger partial charge in [0, 0.05) is 27.8 Å². The van der Waals surface area contributed by atoms with Crippen LogP contribution in [0, 0.1) is 0 Å². The molecule has 7 N–H and O–H groups in total. The van der Waals surface area contributed by atoms with Gasteiger partial charge in [-0.05, 0) is 45.8 Å². The maximum Gasteiger partial charge on any atom is 0.397 e. The van der Waals surface area contributed by atoms with Crippen LogP contribution in [0.15, 0.2) is 65.7 Å². The van der Waals surface area contributed by atoms with Crippen molar-refractivity contribution in [2.75, 3.05) is 42.4 Å². The van der Waals surface area contributed by atoms with Crippen LogP contribution in [0.3, 0.4) is 0 Å². The van der Waals surface area contributed by atoms with E-state index in [2.05, 4.69) is 43.1 Å². The number of benzene rings is 4. The van der Waals surface area contributed by atoms with Gasteiger partial charge in [0.1, 0.15) is 32.3 Å². The highest BCUT2D eigenvalue weighted by molar-refractivity contribution is 7.90. The van der Waals surface area contributed by atoms with Gasteiger partial charge in [-0.1, -0.05) is 46.5 Å². The molecule has 0 bridgehead atoms. The molecule has 4 aromatic carbocycles. The summed E-state index contributed by atoms with van der Waals surface area (Å²) in [5, 5.41) is 34.8. The van der Waals surface area contributed by atoms with Crippen molar-refractivity contribution < 1.29 is 86.3 Å². The Balaban J connectivity index is 1.28. The summed E-state index contributed by atoms with van der Waals surface area (Å²) < 4.78 is 92.5. The molecule has 3 aliphatic rings. The summed E-state index contributed by atoms with van der Waals surface area (Å²) in [5.74, 6) is -4.44. The van der Waals surface area contributed by atoms with Crippen molar-refractivity contribution >= 4 is 107 Å². The van der Waals surface area contributed by atoms with Crippen molar-refractivity contribution in [3.8, 4) is 0 Å². The molecule has 0 spiro atoms. The molecule has 1 saturated carbocycles. The Morgan fingerprint density at radius 2 is 1.24 bits per heavy atom. The molecule has 7 rings (SSSR count). The van der Waals surface area contributed by atoms with Gasteiger partial charge in [-0.15, -0.1) is 8.67 Å². The average Bonchev–Trinajstić information content (AvgIpc) is 3.39. The lowest BCUT2D eigenvalue weighted by molar-refractivity contribution is -0.434. The number of carbonyl (C=O) groups is 3. The van der Waals surface area contributed by atoms with Gasteiger partial charge < -0.3 is 16.0 Å². The third-order valence-corrected chi connectivity index (χ3v) is 10.6. The average molecular weight is 887 g/mol. The first-order valence-corrected chi connectivity index (χ1v) is 20.1. The van der Waals surface area contributed by atoms with Crippen molar-refractivity contribution in [2.45, 2.75) is 17.2 Å². The molecule has 4 aromatic rings. The number of nitrogens with zero attached hydrogens (tertiary/aromatic N) is 1. The van der Waals surface area contributed by atoms with Gasteiger partial charge in [-0.25, -0.2) is 18.9 Å². The first-order valence-electron chi connectivity index (χ1n) is 16.0. The zero-order valence-electron chi connectivity index (χ0n) is 28.7. The molecule has 1 atom stereocenters. The van der Waals surface area contributed by atoms with Crippen LogP contribution in [0.25, 0.3) is 27.1 Å². The lowest BCUT2D eigenvalue weighted by Crippen LogP contribution is -2.56. The van der Waals surface area contributed by atoms with Crippen LogP contribution in [-0.2, 0) is 70.7 Å². The highest BCUT2D eigenvalue weighted by atomic mass is 32.3. The number of rotatable bonds is 17. The van der Waals surface area contributed by atoms with Crippen molar-refractivity contribution in [1.29, 1.82) is 0 Å². The van der Waals surface area contributed by atoms with Gasteiger partial charge in [-0.2, -0.15) is 16.8 Å². The predicted octanol–water partition coefficient (Wildman–Crippen LogP) is 1.56. The summed E-state index contributed by atoms with van der Waals surface area (Å²) in [6.45, 7) is -2.46. The van der Waals surface area contributed by atoms with E-state index in [0.29, 0.717) is 32.6 Å². The van der Waals surface area contributed by atoms with E-state index in [4.69, 9.17) is 23.9 Å². The van der Waals surface area contributed by atoms with Crippen molar-refractivity contribution in [3.05, 3.63) is 76.8 Å². The molecular weight excluding hydrogens is 861 g/mol. The lowest BCUT2D eigenvalue weighted by Gasteiger charge is -2.40. The largest absolute Gasteiger partial charge is 0.397 e. The lowest BCUT2D eigenvalue weighted by atomic mass is 9.88. The fraction of sp³-hybridized carbons (Fsp3) is 0.226. The van der Waals surface area contributed by atoms with Gasteiger partial charge >= 0.3 is 20.8 Å². The number of anilines is 3. The molecule has 1 fully saturated rings. The molecule has 0 saturated heterocycles. The van der Waals surface area contributed by atoms with E-state index in [1.165, 1.54) is 36.4 Å². The molecule has 58 heavy (non-hydrogen) atoms. The van der Waals surface area contributed by atoms with E-state index < -0.39 is 68.6 Å². The minimum Gasteiger partial charge on any atom is -0.358 e. The topological polar surface area (TPSA) is 323 Å². The van der Waals surface area contributed by atoms with E-state index in [1.807, 2.05) is 0 Å². The van der Waals surface area contributed by atoms with Crippen LogP contribution in [0.1, 0.15) is 11.5 Å². The van der Waals surface area contributed by atoms with Crippen molar-refractivity contribution in [3.63, 3.8) is 0 Å². The Bertz CT molecular complexity index is 2640. The third-order valence-electron chi connectivity index (χ3n) is 9.06. The van der Waals surface area contributed by atoms with Gasteiger partial charge in [0.25, 0.3) is 0 Å². The van der Waals surface area contributed by atoms with Crippen molar-refractivity contribution in [1.82, 2.24) is 0 Å². The number of nitrogens with one attached hydrogen (secondary N) is 3. The molecule has 2 aliphatic heterocycles. The van der Waals surface area contributed by atoms with Gasteiger partial charge in [0.05, 0.1) is 10.9 Å². The zero-order valence-corrected chi connectivity index (χ0v) is 31.9. The normalized spacial score (nSPS) is 19.2. The smallest absolute Gasteiger partial charge is 0.358 e. The zero-order chi connectivity index (χ0) is 41.5. The second-order valence-electron chi connectivity index (χ2n) is 12.6. The molecule has 1 unspecified atom stereocenters. The van der Waals surface area contributed by atoms with E-state index in [9.17, 15) is 40.3 Å². The number of hydrogen-bond acceptors (Lipinski definition) is 23. The van der Waals surface area contributed by atoms with Crippen LogP contribution in [0.5, 0.6) is 0 Å². The second kappa shape index (κ2) is 16.3. The fourth-order valence-electron chi connectivity index (χ4n) is 6.94. The first-order chi connectivity index (χ1) is 27.6. The Morgan fingerprint density at radius 1 is 0.672 bits per heavy atom. The maximum atomic E-state index is 14.4. The Kier molecular flexibility index (Phi) is 11.8. The third kappa shape index (κ3) is 8.37. The van der Waals surface area contributed by atoms with E-state index in [0.717, 1.165) is 0 Å². The molecular formula is C31H26N4O19S4. The Labute approximate surface area is 333 Å². The molecule has 0 aromatic heterocycles. The molecule has 2 heterocycles. The number of carbonyl (C=O) groups excluding carboxylic acids is 3. The Hall–Kier alpha value is -4.40. The first kappa shape index (κ1) is 41.7. The van der Waals surface area contributed by atoms with Crippen LogP contribution < -0.4 is 26.5 Å². The minimum absolute atomic E-state index is 0.143. The molecule has 23 nitrogen and oxygen atoms in total. The van der Waals surface area contributed by atoms with Gasteiger partial charge in [0.15, 0.2) is 41.8 Å². The monoisotopic (exact) mass is 886 g/mol. The molecule has 27 heteroatoms. The number of ketones is 3. The van der Waals surface area contributed by atoms with Crippen molar-refractivity contribution in [2.24, 2.45) is 4.99 Å². The second-order valence-corrected chi connectivity index (χ2v) is 15.8. The van der Waals surface area contributed by atoms with Crippen LogP contribution in [0.4, 0.5) is 17.1 Å². The number of Topliss-reactive ketones (excluding diaryl/α,β-unsaturated/α-hetero) is 3. The molecule has 1 aliphatic carbocycles. The van der Waals surface area contributed by atoms with E-state index in [-0.39, 0.29) is 65.6 Å². The molecule has 308 valence electrons. The van der Waals surface area contributed by atoms with E-state index in [1.54, 1.807) is 24.3 Å². The summed E-state index contributed by atoms with van der Waals surface area (Å²) in [6.07, 6.45) is 0. The standard InChI is InChI=1S/C31H26N4O19S4/c36-27-25(17-7-9-21-23-15(17)3-1-5-19(23)32-30(34-21,11-47-55-53-51-39)12-48-56-54-52-40)28(37)29(38)26(27)18-8-10-22-24-16(18)4-2-6-20(24)33-31(35-22,13-49-57(41,42)43)14-50-58(44,45)46/h1-10,26,32-33,35,39-40H,11-14H2,(H,41,42,43)(H,44,45,46). The summed E-state index contributed by atoms with van der Waals surface area (Å²) in [5.41, 5.74) is -2.72. The SMILES string of the molecule is O=C1C(=O)C(c2ccc3c4c(cccc24)NC(COS(=O)(=O)O)(COS(=O)(=O)O)N3)C(=O)C1=c1ccc2c3c(cccc13)NC(COSOOO)(COSOOO)N=2. The minimum atomic E-state index is -5.05.